The van der Waals surface area contributed by atoms with Gasteiger partial charge in [0, 0.05) is 30.3 Å². The van der Waals surface area contributed by atoms with Gasteiger partial charge in [-0.3, -0.25) is 19.2 Å². The molecule has 1 saturated carbocycles. The molecule has 0 unspecified atom stereocenters. The molecule has 182 valence electrons. The lowest BCUT2D eigenvalue weighted by atomic mass is 9.57. The SMILES string of the molecule is CCC(=O)O[C@H]1[C@@H]2Cc3ccc(N=C=N)c(O)c3C(O)=C2C(=O)[C@]2(O)C(O)=C(C(N)=O)C(=O)C[C@H]12. The molecule has 12 heteroatoms. The van der Waals surface area contributed by atoms with Crippen molar-refractivity contribution in [3.63, 3.8) is 0 Å². The van der Waals surface area contributed by atoms with Crippen molar-refractivity contribution < 1.29 is 44.3 Å². The van der Waals surface area contributed by atoms with E-state index in [2.05, 4.69) is 4.99 Å². The highest BCUT2D eigenvalue weighted by molar-refractivity contribution is 6.23. The standard InChI is InChI=1S/C23H21N3O9/c1-2-13(28)35-19-9-5-8-3-4-11(26-7-24)17(29)14(8)18(30)15(9)20(31)23(34)10(19)6-12(27)16(21(23)32)22(25)33/h3-4,9-10,19,24,29-30,32,34H,2,5-6H2,1H3,(H2,25,33)/t9-,10-,19+,23+/m1/s1. The fourth-order valence-electron chi connectivity index (χ4n) is 5.13. The summed E-state index contributed by atoms with van der Waals surface area (Å²) in [6.45, 7) is 1.50. The molecule has 4 rings (SSSR count). The molecule has 1 aromatic carbocycles. The molecule has 0 saturated heterocycles. The molecular formula is C23H21N3O9. The first kappa shape index (κ1) is 23.9. The second-order valence-corrected chi connectivity index (χ2v) is 8.49. The fourth-order valence-corrected chi connectivity index (χ4v) is 5.13. The lowest BCUT2D eigenvalue weighted by Crippen LogP contribution is -2.64. The highest BCUT2D eigenvalue weighted by atomic mass is 16.5. The van der Waals surface area contributed by atoms with E-state index in [1.165, 1.54) is 19.1 Å². The number of primary amides is 1. The van der Waals surface area contributed by atoms with Crippen LogP contribution in [0.25, 0.3) is 5.76 Å². The van der Waals surface area contributed by atoms with Crippen LogP contribution in [-0.2, 0) is 30.3 Å². The average Bonchev–Trinajstić information content (AvgIpc) is 2.80. The minimum absolute atomic E-state index is 0.0573. The third-order valence-electron chi connectivity index (χ3n) is 6.73. The van der Waals surface area contributed by atoms with Gasteiger partial charge in [-0.2, -0.15) is 4.99 Å². The van der Waals surface area contributed by atoms with Crippen LogP contribution < -0.4 is 5.73 Å². The Morgan fingerprint density at radius 3 is 2.54 bits per heavy atom. The number of nitrogens with zero attached hydrogens (tertiary/aromatic N) is 1. The number of nitrogens with two attached hydrogens (primary N) is 1. The van der Waals surface area contributed by atoms with Gasteiger partial charge in [-0.15, -0.1) is 0 Å². The molecule has 3 aliphatic carbocycles. The Labute approximate surface area is 197 Å². The van der Waals surface area contributed by atoms with E-state index in [0.717, 1.165) is 0 Å². The lowest BCUT2D eigenvalue weighted by molar-refractivity contribution is -0.177. The molecule has 0 radical (unpaired) electrons. The molecule has 1 amide bonds. The number of ketones is 2. The minimum atomic E-state index is -2.91. The summed E-state index contributed by atoms with van der Waals surface area (Å²) in [6, 6.07) is 4.60. The first-order valence-corrected chi connectivity index (χ1v) is 10.6. The van der Waals surface area contributed by atoms with Gasteiger partial charge in [0.15, 0.2) is 17.1 Å². The van der Waals surface area contributed by atoms with E-state index in [9.17, 15) is 39.6 Å². The van der Waals surface area contributed by atoms with Crippen LogP contribution in [0, 0.1) is 17.2 Å². The van der Waals surface area contributed by atoms with Crippen molar-refractivity contribution in [2.75, 3.05) is 0 Å². The maximum Gasteiger partial charge on any atom is 0.305 e. The van der Waals surface area contributed by atoms with E-state index >= 15 is 0 Å². The Morgan fingerprint density at radius 2 is 1.94 bits per heavy atom. The number of ether oxygens (including phenoxy) is 1. The topological polar surface area (TPSA) is 221 Å². The summed E-state index contributed by atoms with van der Waals surface area (Å²) >= 11 is 0. The van der Waals surface area contributed by atoms with Crippen LogP contribution in [0.4, 0.5) is 5.69 Å². The second-order valence-electron chi connectivity index (χ2n) is 8.49. The van der Waals surface area contributed by atoms with Crippen molar-refractivity contribution in [3.05, 3.63) is 40.2 Å². The number of Topliss-reactive ketones (excluding diaryl/α,β-unsaturated/α-hetero) is 2. The van der Waals surface area contributed by atoms with Gasteiger partial charge < -0.3 is 30.9 Å². The third kappa shape index (κ3) is 3.26. The van der Waals surface area contributed by atoms with E-state index in [4.69, 9.17) is 15.9 Å². The number of fused-ring (bicyclic) bond motifs is 3. The van der Waals surface area contributed by atoms with Crippen molar-refractivity contribution >= 4 is 40.9 Å². The van der Waals surface area contributed by atoms with Gasteiger partial charge >= 0.3 is 5.97 Å². The molecule has 0 aliphatic heterocycles. The summed E-state index contributed by atoms with van der Waals surface area (Å²) in [5, 5.41) is 50.9. The van der Waals surface area contributed by atoms with Gasteiger partial charge in [0.05, 0.1) is 11.6 Å². The molecule has 7 N–H and O–H groups in total. The third-order valence-corrected chi connectivity index (χ3v) is 6.73. The van der Waals surface area contributed by atoms with E-state index in [1.54, 1.807) is 6.01 Å². The number of aliphatic hydroxyl groups excluding tert-OH is 2. The highest BCUT2D eigenvalue weighted by Gasteiger charge is 2.65. The van der Waals surface area contributed by atoms with Gasteiger partial charge in [0.1, 0.15) is 28.9 Å². The van der Waals surface area contributed by atoms with Crippen molar-refractivity contribution in [3.8, 4) is 5.75 Å². The summed E-state index contributed by atoms with van der Waals surface area (Å²) in [4.78, 5) is 53.9. The number of phenolic OH excluding ortho intramolecular Hbond substituents is 1. The van der Waals surface area contributed by atoms with Gasteiger partial charge in [-0.25, -0.2) is 5.41 Å². The van der Waals surface area contributed by atoms with E-state index < -0.39 is 81.8 Å². The van der Waals surface area contributed by atoms with Crippen molar-refractivity contribution in [1.29, 1.82) is 5.41 Å². The number of carbonyl (C=O) groups is 4. The number of amides is 1. The van der Waals surface area contributed by atoms with Crippen molar-refractivity contribution in [2.24, 2.45) is 22.6 Å². The summed E-state index contributed by atoms with van der Waals surface area (Å²) in [5.41, 5.74) is 0.864. The van der Waals surface area contributed by atoms with Gasteiger partial charge in [0.2, 0.25) is 5.78 Å². The van der Waals surface area contributed by atoms with E-state index in [-0.39, 0.29) is 24.1 Å². The predicted molar refractivity (Wildman–Crippen MR) is 117 cm³/mol. The number of aliphatic imine (C=N–C) groups is 1. The van der Waals surface area contributed by atoms with Crippen LogP contribution in [-0.4, -0.2) is 61.6 Å². The molecule has 3 aliphatic rings. The maximum absolute atomic E-state index is 13.6. The van der Waals surface area contributed by atoms with Crippen molar-refractivity contribution in [2.45, 2.75) is 37.9 Å². The lowest BCUT2D eigenvalue weighted by Gasteiger charge is -2.49. The summed E-state index contributed by atoms with van der Waals surface area (Å²) in [6.07, 6.45) is -2.14. The number of phenols is 1. The van der Waals surface area contributed by atoms with Gasteiger partial charge in [0.25, 0.3) is 5.91 Å². The Hall–Kier alpha value is -4.28. The zero-order valence-electron chi connectivity index (χ0n) is 18.4. The number of hydrogen-bond acceptors (Lipinski definition) is 11. The number of esters is 1. The van der Waals surface area contributed by atoms with Crippen LogP contribution in [0.3, 0.4) is 0 Å². The Morgan fingerprint density at radius 1 is 1.26 bits per heavy atom. The number of aliphatic hydroxyl groups is 3. The molecule has 0 bridgehead atoms. The second kappa shape index (κ2) is 8.19. The Balaban J connectivity index is 2.02. The Bertz CT molecular complexity index is 1320. The number of rotatable bonds is 4. The smallest absolute Gasteiger partial charge is 0.305 e. The molecule has 1 aromatic rings. The van der Waals surface area contributed by atoms with E-state index in [0.29, 0.717) is 5.56 Å². The maximum atomic E-state index is 13.6. The monoisotopic (exact) mass is 483 g/mol. The van der Waals surface area contributed by atoms with Crippen LogP contribution >= 0.6 is 0 Å². The quantitative estimate of drug-likeness (QED) is 0.202. The summed E-state index contributed by atoms with van der Waals surface area (Å²) < 4.78 is 5.53. The molecule has 1 fully saturated rings. The number of aromatic hydroxyl groups is 1. The van der Waals surface area contributed by atoms with Gasteiger partial charge in [-0.05, 0) is 18.1 Å². The average molecular weight is 483 g/mol. The zero-order valence-corrected chi connectivity index (χ0v) is 18.4. The Kier molecular flexibility index (Phi) is 5.58. The van der Waals surface area contributed by atoms with Gasteiger partial charge in [-0.1, -0.05) is 13.0 Å². The van der Waals surface area contributed by atoms with Crippen LogP contribution in [0.2, 0.25) is 0 Å². The molecule has 0 heterocycles. The first-order chi connectivity index (χ1) is 16.5. The van der Waals surface area contributed by atoms with E-state index in [1.807, 2.05) is 0 Å². The van der Waals surface area contributed by atoms with Crippen LogP contribution in [0.5, 0.6) is 5.75 Å². The number of hydrogen-bond donors (Lipinski definition) is 6. The number of nitrogens with one attached hydrogen (secondary N) is 1. The van der Waals surface area contributed by atoms with Crippen molar-refractivity contribution in [1.82, 2.24) is 0 Å². The molecule has 35 heavy (non-hydrogen) atoms. The van der Waals surface area contributed by atoms with Crippen LogP contribution in [0.1, 0.15) is 30.9 Å². The zero-order chi connectivity index (χ0) is 25.8. The molecule has 0 aromatic heterocycles. The minimum Gasteiger partial charge on any atom is -0.508 e. The molecule has 0 spiro atoms. The summed E-state index contributed by atoms with van der Waals surface area (Å²) in [7, 11) is 0. The molecule has 4 atom stereocenters. The normalized spacial score (nSPS) is 27.4. The number of benzene rings is 1. The fraction of sp³-hybridized carbons (Fsp3) is 0.348. The summed E-state index contributed by atoms with van der Waals surface area (Å²) in [5.74, 6) is -9.41. The molecular weight excluding hydrogens is 462 g/mol. The van der Waals surface area contributed by atoms with Crippen LogP contribution in [0.15, 0.2) is 34.0 Å². The predicted octanol–water partition coefficient (Wildman–Crippen LogP) is 0.740. The number of carbonyl (C=O) groups excluding carboxylic acids is 4. The largest absolute Gasteiger partial charge is 0.508 e. The highest BCUT2D eigenvalue weighted by Crippen LogP contribution is 2.53. The molecule has 12 nitrogen and oxygen atoms in total. The first-order valence-electron chi connectivity index (χ1n) is 10.6.